The Labute approximate surface area is 162 Å². The number of aromatic amines is 1. The number of rotatable bonds is 5. The van der Waals surface area contributed by atoms with Crippen molar-refractivity contribution in [2.24, 2.45) is 0 Å². The Morgan fingerprint density at radius 3 is 2.96 bits per heavy atom. The molecule has 0 bridgehead atoms. The Hall–Kier alpha value is -3.00. The van der Waals surface area contributed by atoms with E-state index in [2.05, 4.69) is 30.9 Å². The first-order valence-corrected chi connectivity index (χ1v) is 9.86. The maximum Gasteiger partial charge on any atom is 0.276 e. The number of nitrogens with one attached hydrogen (secondary N) is 3. The zero-order valence-electron chi connectivity index (χ0n) is 15.6. The summed E-state index contributed by atoms with van der Waals surface area (Å²) in [5, 5.41) is 18.1. The molecule has 0 radical (unpaired) electrons. The lowest BCUT2D eigenvalue weighted by atomic mass is 10.1. The Morgan fingerprint density at radius 1 is 1.21 bits per heavy atom. The number of H-pyrrole nitrogens is 1. The van der Waals surface area contributed by atoms with Crippen LogP contribution < -0.4 is 10.6 Å². The van der Waals surface area contributed by atoms with Crippen molar-refractivity contribution in [3.8, 4) is 11.4 Å². The van der Waals surface area contributed by atoms with Crippen molar-refractivity contribution in [3.63, 3.8) is 0 Å². The first kappa shape index (κ1) is 17.1. The second kappa shape index (κ2) is 7.20. The van der Waals surface area contributed by atoms with Crippen LogP contribution in [-0.2, 0) is 0 Å². The van der Waals surface area contributed by atoms with Crippen LogP contribution in [0.25, 0.3) is 11.4 Å². The van der Waals surface area contributed by atoms with E-state index in [0.717, 1.165) is 37.3 Å². The highest BCUT2D eigenvalue weighted by Gasteiger charge is 2.27. The molecular weight excluding hydrogens is 354 g/mol. The minimum absolute atomic E-state index is 0.215. The summed E-state index contributed by atoms with van der Waals surface area (Å²) >= 11 is 0. The third-order valence-corrected chi connectivity index (χ3v) is 5.33. The Kier molecular flexibility index (Phi) is 4.40. The molecule has 1 unspecified atom stereocenters. The van der Waals surface area contributed by atoms with Gasteiger partial charge in [-0.15, -0.1) is 0 Å². The number of carbonyl (C=O) groups is 1. The molecule has 2 aromatic heterocycles. The minimum Gasteiger partial charge on any atom is -0.321 e. The SMILES string of the molecule is O=C(Nc1cccc(-c2n[nH]c(C3CC3)n2)c1)c1ccn(C2CCCNC2)n1. The second-order valence-corrected chi connectivity index (χ2v) is 7.53. The number of nitrogens with zero attached hydrogens (tertiary/aromatic N) is 4. The lowest BCUT2D eigenvalue weighted by Crippen LogP contribution is -2.32. The maximum atomic E-state index is 12.6. The van der Waals surface area contributed by atoms with Gasteiger partial charge in [0.25, 0.3) is 5.91 Å². The molecule has 2 fully saturated rings. The fraction of sp³-hybridized carbons (Fsp3) is 0.400. The molecule has 3 heterocycles. The highest BCUT2D eigenvalue weighted by Crippen LogP contribution is 2.38. The predicted octanol–water partition coefficient (Wildman–Crippen LogP) is 2.72. The molecule has 1 amide bonds. The van der Waals surface area contributed by atoms with Gasteiger partial charge in [0.1, 0.15) is 5.82 Å². The first-order chi connectivity index (χ1) is 13.8. The van der Waals surface area contributed by atoms with E-state index >= 15 is 0 Å². The number of amides is 1. The van der Waals surface area contributed by atoms with Crippen molar-refractivity contribution in [1.29, 1.82) is 0 Å². The second-order valence-electron chi connectivity index (χ2n) is 7.53. The molecule has 1 aliphatic heterocycles. The number of hydrogen-bond donors (Lipinski definition) is 3. The molecule has 8 nitrogen and oxygen atoms in total. The summed E-state index contributed by atoms with van der Waals surface area (Å²) in [6, 6.07) is 9.66. The first-order valence-electron chi connectivity index (χ1n) is 9.86. The van der Waals surface area contributed by atoms with Gasteiger partial charge >= 0.3 is 0 Å². The third kappa shape index (κ3) is 3.55. The molecule has 1 saturated carbocycles. The predicted molar refractivity (Wildman–Crippen MR) is 105 cm³/mol. The average molecular weight is 377 g/mol. The maximum absolute atomic E-state index is 12.6. The number of benzene rings is 1. The molecule has 1 aliphatic carbocycles. The molecule has 1 atom stereocenters. The van der Waals surface area contributed by atoms with E-state index in [0.29, 0.717) is 29.2 Å². The van der Waals surface area contributed by atoms with Crippen LogP contribution in [0.5, 0.6) is 0 Å². The molecule has 5 rings (SSSR count). The summed E-state index contributed by atoms with van der Waals surface area (Å²) in [4.78, 5) is 17.2. The Balaban J connectivity index is 1.29. The average Bonchev–Trinajstić information content (AvgIpc) is 3.26. The molecule has 144 valence electrons. The van der Waals surface area contributed by atoms with E-state index in [-0.39, 0.29) is 5.91 Å². The van der Waals surface area contributed by atoms with Crippen LogP contribution in [-0.4, -0.2) is 44.0 Å². The summed E-state index contributed by atoms with van der Waals surface area (Å²) in [5.41, 5.74) is 2.00. The van der Waals surface area contributed by atoms with Gasteiger partial charge in [0.15, 0.2) is 11.5 Å². The molecule has 1 aromatic carbocycles. The summed E-state index contributed by atoms with van der Waals surface area (Å²) in [6.07, 6.45) is 6.44. The van der Waals surface area contributed by atoms with Crippen molar-refractivity contribution in [2.45, 2.75) is 37.6 Å². The van der Waals surface area contributed by atoms with E-state index in [1.165, 1.54) is 12.8 Å². The smallest absolute Gasteiger partial charge is 0.276 e. The van der Waals surface area contributed by atoms with Crippen LogP contribution in [0.3, 0.4) is 0 Å². The topological polar surface area (TPSA) is 101 Å². The molecule has 1 saturated heterocycles. The normalized spacial score (nSPS) is 19.5. The van der Waals surface area contributed by atoms with Crippen molar-refractivity contribution in [2.75, 3.05) is 18.4 Å². The highest BCUT2D eigenvalue weighted by molar-refractivity contribution is 6.03. The van der Waals surface area contributed by atoms with Crippen molar-refractivity contribution < 1.29 is 4.79 Å². The number of hydrogen-bond acceptors (Lipinski definition) is 5. The van der Waals surface area contributed by atoms with Crippen LogP contribution in [0.4, 0.5) is 5.69 Å². The van der Waals surface area contributed by atoms with E-state index in [9.17, 15) is 4.79 Å². The van der Waals surface area contributed by atoms with Crippen molar-refractivity contribution in [3.05, 3.63) is 48.0 Å². The molecule has 0 spiro atoms. The third-order valence-electron chi connectivity index (χ3n) is 5.33. The summed E-state index contributed by atoms with van der Waals surface area (Å²) in [6.45, 7) is 1.94. The zero-order valence-corrected chi connectivity index (χ0v) is 15.6. The fourth-order valence-electron chi connectivity index (χ4n) is 3.60. The highest BCUT2D eigenvalue weighted by atomic mass is 16.1. The van der Waals surface area contributed by atoms with Gasteiger partial charge in [-0.3, -0.25) is 14.6 Å². The largest absolute Gasteiger partial charge is 0.321 e. The molecule has 8 heteroatoms. The van der Waals surface area contributed by atoms with Crippen molar-refractivity contribution >= 4 is 11.6 Å². The fourth-order valence-corrected chi connectivity index (χ4v) is 3.60. The van der Waals surface area contributed by atoms with E-state index in [4.69, 9.17) is 0 Å². The van der Waals surface area contributed by atoms with Gasteiger partial charge in [0.2, 0.25) is 0 Å². The number of anilines is 1. The van der Waals surface area contributed by atoms with E-state index in [1.54, 1.807) is 6.07 Å². The van der Waals surface area contributed by atoms with Gasteiger partial charge in [-0.05, 0) is 50.4 Å². The molecule has 3 aromatic rings. The molecule has 28 heavy (non-hydrogen) atoms. The van der Waals surface area contributed by atoms with E-state index < -0.39 is 0 Å². The summed E-state index contributed by atoms with van der Waals surface area (Å²) in [5.74, 6) is 1.92. The minimum atomic E-state index is -0.215. The monoisotopic (exact) mass is 377 g/mol. The summed E-state index contributed by atoms with van der Waals surface area (Å²) in [7, 11) is 0. The zero-order chi connectivity index (χ0) is 18.9. The quantitative estimate of drug-likeness (QED) is 0.635. The van der Waals surface area contributed by atoms with Gasteiger partial charge in [0.05, 0.1) is 6.04 Å². The van der Waals surface area contributed by atoms with E-state index in [1.807, 2.05) is 35.1 Å². The Morgan fingerprint density at radius 2 is 2.14 bits per heavy atom. The Bertz CT molecular complexity index is 982. The van der Waals surface area contributed by atoms with Gasteiger partial charge in [0, 0.05) is 29.9 Å². The number of carbonyl (C=O) groups excluding carboxylic acids is 1. The van der Waals surface area contributed by atoms with Gasteiger partial charge in [-0.1, -0.05) is 12.1 Å². The number of piperidine rings is 1. The van der Waals surface area contributed by atoms with Crippen LogP contribution >= 0.6 is 0 Å². The van der Waals surface area contributed by atoms with Gasteiger partial charge < -0.3 is 10.6 Å². The van der Waals surface area contributed by atoms with Crippen molar-refractivity contribution in [1.82, 2.24) is 30.3 Å². The molecular formula is C20H23N7O. The molecule has 3 N–H and O–H groups in total. The van der Waals surface area contributed by atoms with Crippen LogP contribution in [0, 0.1) is 0 Å². The van der Waals surface area contributed by atoms with Crippen LogP contribution in [0.1, 0.15) is 54.0 Å². The van der Waals surface area contributed by atoms with Crippen LogP contribution in [0.2, 0.25) is 0 Å². The lowest BCUT2D eigenvalue weighted by molar-refractivity contribution is 0.102. The molecule has 2 aliphatic rings. The van der Waals surface area contributed by atoms with Crippen LogP contribution in [0.15, 0.2) is 36.5 Å². The van der Waals surface area contributed by atoms with Gasteiger partial charge in [-0.2, -0.15) is 10.2 Å². The standard InChI is InChI=1S/C20H23N7O/c28-20(17-8-10-27(26-17)16-5-2-9-21-12-16)22-15-4-1-3-14(11-15)19-23-18(24-25-19)13-6-7-13/h1,3-4,8,10-11,13,16,21H,2,5-7,9,12H2,(H,22,28)(H,23,24,25). The van der Waals surface area contributed by atoms with Gasteiger partial charge in [-0.25, -0.2) is 4.98 Å². The summed E-state index contributed by atoms with van der Waals surface area (Å²) < 4.78 is 1.89. The lowest BCUT2D eigenvalue weighted by Gasteiger charge is -2.22. The number of aromatic nitrogens is 5.